The molecule has 0 unspecified atom stereocenters. The third kappa shape index (κ3) is 5.08. The first-order chi connectivity index (χ1) is 14.4. The normalized spacial score (nSPS) is 15.1. The van der Waals surface area contributed by atoms with Crippen LogP contribution in [0.2, 0.25) is 0 Å². The van der Waals surface area contributed by atoms with Crippen LogP contribution in [-0.2, 0) is 28.1 Å². The molecular weight excluding hydrogens is 408 g/mol. The van der Waals surface area contributed by atoms with Crippen molar-refractivity contribution in [1.82, 2.24) is 0 Å². The van der Waals surface area contributed by atoms with Gasteiger partial charge in [-0.15, -0.1) is 0 Å². The van der Waals surface area contributed by atoms with Crippen LogP contribution in [0, 0.1) is 0 Å². The summed E-state index contributed by atoms with van der Waals surface area (Å²) in [5.41, 5.74) is 8.10. The maximum atomic E-state index is 6.49. The number of hydrogen-bond acceptors (Lipinski definition) is 2. The predicted octanol–water partition coefficient (Wildman–Crippen LogP) is 7.24. The molecule has 1 heterocycles. The van der Waals surface area contributed by atoms with Crippen LogP contribution >= 0.6 is 0 Å². The maximum Gasteiger partial charge on any atom is 0.427 e. The smallest absolute Gasteiger partial charge is 0.427 e. The Morgan fingerprint density at radius 1 is 0.531 bits per heavy atom. The highest BCUT2D eigenvalue weighted by Crippen LogP contribution is 2.44. The molecule has 0 radical (unpaired) electrons. The van der Waals surface area contributed by atoms with E-state index in [1.54, 1.807) is 0 Å². The molecule has 176 valence electrons. The second kappa shape index (κ2) is 7.94. The van der Waals surface area contributed by atoms with Crippen LogP contribution in [0.1, 0.15) is 116 Å². The van der Waals surface area contributed by atoms with Crippen LogP contribution in [0.3, 0.4) is 0 Å². The first-order valence-corrected chi connectivity index (χ1v) is 13.2. The Bertz CT molecular complexity index is 924. The van der Waals surface area contributed by atoms with Crippen LogP contribution in [0.25, 0.3) is 0 Å². The molecule has 0 atom stereocenters. The van der Waals surface area contributed by atoms with Gasteiger partial charge in [0.15, 0.2) is 0 Å². The molecule has 32 heavy (non-hydrogen) atoms. The molecule has 0 amide bonds. The van der Waals surface area contributed by atoms with Crippen molar-refractivity contribution in [3.8, 4) is 11.5 Å². The summed E-state index contributed by atoms with van der Waals surface area (Å²) in [5.74, 6) is 2.11. The van der Waals surface area contributed by atoms with Crippen molar-refractivity contribution in [1.29, 1.82) is 0 Å². The van der Waals surface area contributed by atoms with E-state index in [1.807, 2.05) is 0 Å². The standard InChI is InChI=1S/C29H44O2Si/c1-26(2,3)20-14-18-13-19-15-21(27(4,5)6)17-23(29(10,11)12)25(19)31-32-30-24(18)22(16-20)28(7,8)9/h14-17H,13,32H2,1-12H3. The monoisotopic (exact) mass is 452 g/mol. The number of rotatable bonds is 0. The third-order valence-corrected chi connectivity index (χ3v) is 7.28. The van der Waals surface area contributed by atoms with E-state index in [2.05, 4.69) is 107 Å². The van der Waals surface area contributed by atoms with Gasteiger partial charge in [-0.05, 0) is 55.0 Å². The van der Waals surface area contributed by atoms with Gasteiger partial charge in [0.1, 0.15) is 11.5 Å². The molecule has 1 aliphatic rings. The summed E-state index contributed by atoms with van der Waals surface area (Å²) in [4.78, 5) is 0. The SMILES string of the molecule is CC(C)(C)c1cc2c(c(C(C)(C)C)c1)O[SiH2]Oc1c(cc(C(C)(C)C)cc1C(C)(C)C)C2. The molecule has 0 spiro atoms. The fourth-order valence-corrected chi connectivity index (χ4v) is 5.29. The number of benzene rings is 2. The molecule has 0 saturated heterocycles. The van der Waals surface area contributed by atoms with Crippen LogP contribution in [-0.4, -0.2) is 10.0 Å². The topological polar surface area (TPSA) is 18.5 Å². The molecule has 2 aromatic carbocycles. The number of hydrogen-bond donors (Lipinski definition) is 0. The second-order valence-corrected chi connectivity index (χ2v) is 14.4. The zero-order valence-electron chi connectivity index (χ0n) is 22.5. The van der Waals surface area contributed by atoms with E-state index in [0.717, 1.165) is 17.9 Å². The average Bonchev–Trinajstić information content (AvgIpc) is 2.57. The van der Waals surface area contributed by atoms with Crippen molar-refractivity contribution in [2.45, 2.75) is 111 Å². The molecule has 2 aromatic rings. The van der Waals surface area contributed by atoms with Gasteiger partial charge < -0.3 is 8.85 Å². The summed E-state index contributed by atoms with van der Waals surface area (Å²) in [6.07, 6.45) is 0.832. The van der Waals surface area contributed by atoms with Crippen LogP contribution in [0.5, 0.6) is 11.5 Å². The summed E-state index contributed by atoms with van der Waals surface area (Å²) >= 11 is 0. The number of fused-ring (bicyclic) bond motifs is 2. The second-order valence-electron chi connectivity index (χ2n) is 13.6. The summed E-state index contributed by atoms with van der Waals surface area (Å²) < 4.78 is 13.0. The lowest BCUT2D eigenvalue weighted by Gasteiger charge is -2.33. The Hall–Kier alpha value is -1.74. The van der Waals surface area contributed by atoms with Crippen molar-refractivity contribution in [2.75, 3.05) is 0 Å². The molecule has 0 saturated carbocycles. The van der Waals surface area contributed by atoms with E-state index in [9.17, 15) is 0 Å². The zero-order valence-corrected chi connectivity index (χ0v) is 24.0. The van der Waals surface area contributed by atoms with Gasteiger partial charge in [0.05, 0.1) is 0 Å². The summed E-state index contributed by atoms with van der Waals surface area (Å²) in [5, 5.41) is 0. The Balaban J connectivity index is 2.31. The molecule has 1 aliphatic heterocycles. The van der Waals surface area contributed by atoms with Crippen LogP contribution < -0.4 is 8.85 Å². The Morgan fingerprint density at radius 3 is 1.16 bits per heavy atom. The van der Waals surface area contributed by atoms with E-state index in [1.165, 1.54) is 33.4 Å². The first kappa shape index (κ1) is 24.9. The van der Waals surface area contributed by atoms with Gasteiger partial charge in [0.25, 0.3) is 0 Å². The molecule has 0 fully saturated rings. The fraction of sp³-hybridized carbons (Fsp3) is 0.586. The van der Waals surface area contributed by atoms with Crippen molar-refractivity contribution >= 4 is 10.0 Å². The van der Waals surface area contributed by atoms with Crippen molar-refractivity contribution in [3.63, 3.8) is 0 Å². The zero-order chi connectivity index (χ0) is 24.3. The lowest BCUT2D eigenvalue weighted by molar-refractivity contribution is 0.421. The van der Waals surface area contributed by atoms with E-state index in [0.29, 0.717) is 0 Å². The van der Waals surface area contributed by atoms with E-state index in [-0.39, 0.29) is 21.7 Å². The quantitative estimate of drug-likeness (QED) is 0.392. The van der Waals surface area contributed by atoms with Gasteiger partial charge in [0.2, 0.25) is 0 Å². The molecule has 3 rings (SSSR count). The molecule has 2 nitrogen and oxygen atoms in total. The highest BCUT2D eigenvalue weighted by atomic mass is 28.3. The maximum absolute atomic E-state index is 6.49. The Labute approximate surface area is 199 Å². The van der Waals surface area contributed by atoms with Gasteiger partial charge in [-0.2, -0.15) is 0 Å². The van der Waals surface area contributed by atoms with Crippen molar-refractivity contribution < 1.29 is 8.85 Å². The van der Waals surface area contributed by atoms with Crippen molar-refractivity contribution in [2.24, 2.45) is 0 Å². The van der Waals surface area contributed by atoms with E-state index in [4.69, 9.17) is 8.85 Å². The predicted molar refractivity (Wildman–Crippen MR) is 140 cm³/mol. The Morgan fingerprint density at radius 2 is 0.875 bits per heavy atom. The molecule has 0 aliphatic carbocycles. The lowest BCUT2D eigenvalue weighted by Crippen LogP contribution is -2.25. The van der Waals surface area contributed by atoms with Gasteiger partial charge in [0, 0.05) is 6.42 Å². The third-order valence-electron chi connectivity index (χ3n) is 6.47. The van der Waals surface area contributed by atoms with Crippen LogP contribution in [0.4, 0.5) is 0 Å². The van der Waals surface area contributed by atoms with Gasteiger partial charge >= 0.3 is 10.0 Å². The lowest BCUT2D eigenvalue weighted by atomic mass is 9.76. The molecule has 3 heteroatoms. The largest absolute Gasteiger partial charge is 0.516 e. The summed E-state index contributed by atoms with van der Waals surface area (Å²) in [6, 6.07) is 9.49. The fourth-order valence-electron chi connectivity index (χ4n) is 4.31. The molecule has 0 bridgehead atoms. The van der Waals surface area contributed by atoms with Gasteiger partial charge in [-0.25, -0.2) is 0 Å². The van der Waals surface area contributed by atoms with Gasteiger partial charge in [-0.3, -0.25) is 0 Å². The van der Waals surface area contributed by atoms with E-state index >= 15 is 0 Å². The molecule has 0 N–H and O–H groups in total. The highest BCUT2D eigenvalue weighted by Gasteiger charge is 2.30. The van der Waals surface area contributed by atoms with Crippen molar-refractivity contribution in [3.05, 3.63) is 57.6 Å². The average molecular weight is 453 g/mol. The van der Waals surface area contributed by atoms with Gasteiger partial charge in [-0.1, -0.05) is 107 Å². The first-order valence-electron chi connectivity index (χ1n) is 12.0. The molecular formula is C29H44O2Si. The van der Waals surface area contributed by atoms with Crippen LogP contribution in [0.15, 0.2) is 24.3 Å². The van der Waals surface area contributed by atoms with E-state index < -0.39 is 10.0 Å². The minimum atomic E-state index is -1.22. The Kier molecular flexibility index (Phi) is 6.17. The molecule has 0 aromatic heterocycles. The highest BCUT2D eigenvalue weighted by molar-refractivity contribution is 6.21. The minimum absolute atomic E-state index is 0.00555. The minimum Gasteiger partial charge on any atom is -0.516 e. The summed E-state index contributed by atoms with van der Waals surface area (Å²) in [6.45, 7) is 27.5. The summed E-state index contributed by atoms with van der Waals surface area (Å²) in [7, 11) is -1.22.